The number of rotatable bonds is 6. The third-order valence-electron chi connectivity index (χ3n) is 8.18. The van der Waals surface area contributed by atoms with Gasteiger partial charge in [-0.15, -0.1) is 0 Å². The van der Waals surface area contributed by atoms with Gasteiger partial charge in [0.1, 0.15) is 5.82 Å². The molecule has 0 saturated carbocycles. The fraction of sp³-hybridized carbons (Fsp3) is 0.452. The molecule has 2 aliphatic heterocycles. The number of piperazine rings is 1. The highest BCUT2D eigenvalue weighted by Crippen LogP contribution is 2.39. The van der Waals surface area contributed by atoms with Crippen molar-refractivity contribution in [2.24, 2.45) is 5.73 Å². The molecule has 0 aliphatic carbocycles. The van der Waals surface area contributed by atoms with Gasteiger partial charge >= 0.3 is 6.18 Å². The second kappa shape index (κ2) is 11.3. The third-order valence-corrected chi connectivity index (χ3v) is 8.18. The number of nitrogens with two attached hydrogens (primary N) is 1. The molecule has 2 aromatic carbocycles. The highest BCUT2D eigenvalue weighted by atomic mass is 19.4. The van der Waals surface area contributed by atoms with E-state index < -0.39 is 11.7 Å². The maximum Gasteiger partial charge on any atom is 0.417 e. The molecule has 1 atom stereocenters. The van der Waals surface area contributed by atoms with Crippen LogP contribution in [0.1, 0.15) is 54.6 Å². The van der Waals surface area contributed by atoms with Crippen molar-refractivity contribution >= 4 is 17.4 Å². The van der Waals surface area contributed by atoms with Crippen LogP contribution < -0.4 is 15.5 Å². The quantitative estimate of drug-likeness (QED) is 0.445. The van der Waals surface area contributed by atoms with Gasteiger partial charge in [-0.25, -0.2) is 9.97 Å². The van der Waals surface area contributed by atoms with Crippen LogP contribution in [0, 0.1) is 6.92 Å². The van der Waals surface area contributed by atoms with Crippen LogP contribution in [0.5, 0.6) is 0 Å². The van der Waals surface area contributed by atoms with Gasteiger partial charge in [0.05, 0.1) is 17.8 Å². The zero-order valence-corrected chi connectivity index (χ0v) is 24.0. The zero-order chi connectivity index (χ0) is 29.5. The number of aryl methyl sites for hydroxylation is 1. The summed E-state index contributed by atoms with van der Waals surface area (Å²) in [4.78, 5) is 27.7. The van der Waals surface area contributed by atoms with E-state index in [1.165, 1.54) is 23.3 Å². The van der Waals surface area contributed by atoms with E-state index in [9.17, 15) is 18.0 Å². The molecular formula is C31H37F3N6O. The van der Waals surface area contributed by atoms with Crippen molar-refractivity contribution < 1.29 is 18.0 Å². The van der Waals surface area contributed by atoms with E-state index >= 15 is 0 Å². The van der Waals surface area contributed by atoms with Crippen LogP contribution in [0.2, 0.25) is 0 Å². The topological polar surface area (TPSA) is 78.6 Å². The molecule has 2 N–H and O–H groups in total. The van der Waals surface area contributed by atoms with Crippen molar-refractivity contribution in [2.75, 3.05) is 42.5 Å². The van der Waals surface area contributed by atoms with E-state index in [1.54, 1.807) is 6.07 Å². The number of alkyl halides is 3. The third kappa shape index (κ3) is 6.02. The van der Waals surface area contributed by atoms with Gasteiger partial charge in [-0.1, -0.05) is 44.2 Å². The number of hydrogen-bond donors (Lipinski definition) is 1. The van der Waals surface area contributed by atoms with Gasteiger partial charge in [-0.3, -0.25) is 9.69 Å². The molecule has 0 spiro atoms. The first-order valence-corrected chi connectivity index (χ1v) is 14.1. The molecule has 41 heavy (non-hydrogen) atoms. The van der Waals surface area contributed by atoms with Crippen molar-refractivity contribution in [2.45, 2.75) is 58.8 Å². The lowest BCUT2D eigenvalue weighted by Gasteiger charge is -2.41. The number of primary amides is 1. The number of amides is 1. The fourth-order valence-electron chi connectivity index (χ4n) is 5.86. The SMILES string of the molecule is Cc1ccc(C(C)C)cc1N1CCc2nc(-c3ccccc3C(F)(F)F)nc(N3CCN(CC(N)=O)[C@H](C)C3)c2C1. The van der Waals surface area contributed by atoms with Gasteiger partial charge in [-0.2, -0.15) is 13.2 Å². The van der Waals surface area contributed by atoms with Gasteiger partial charge in [0.25, 0.3) is 0 Å². The maximum absolute atomic E-state index is 14.0. The lowest BCUT2D eigenvalue weighted by atomic mass is 9.98. The number of aromatic nitrogens is 2. The van der Waals surface area contributed by atoms with Crippen molar-refractivity contribution in [1.29, 1.82) is 0 Å². The standard InChI is InChI=1S/C31H37F3N6O/c1-19(2)22-10-9-20(3)27(15-22)39-12-11-26-24(17-39)30(40-14-13-38(18-28(35)41)21(4)16-40)37-29(36-26)23-7-5-6-8-25(23)31(32,33)34/h5-10,15,19,21H,11-14,16-18H2,1-4H3,(H2,35,41)/t21-/m1/s1. The number of halogens is 3. The summed E-state index contributed by atoms with van der Waals surface area (Å²) in [6.45, 7) is 11.6. The Morgan fingerprint density at radius 3 is 2.51 bits per heavy atom. The Morgan fingerprint density at radius 1 is 1.07 bits per heavy atom. The summed E-state index contributed by atoms with van der Waals surface area (Å²) in [5.41, 5.74) is 9.99. The van der Waals surface area contributed by atoms with Crippen molar-refractivity contribution in [1.82, 2.24) is 14.9 Å². The summed E-state index contributed by atoms with van der Waals surface area (Å²) in [5, 5.41) is 0. The Kier molecular flexibility index (Phi) is 7.96. The van der Waals surface area contributed by atoms with Crippen LogP contribution in [0.3, 0.4) is 0 Å². The van der Waals surface area contributed by atoms with E-state index in [4.69, 9.17) is 15.7 Å². The van der Waals surface area contributed by atoms with Crippen LogP contribution in [0.25, 0.3) is 11.4 Å². The number of carbonyl (C=O) groups excluding carboxylic acids is 1. The molecule has 0 radical (unpaired) electrons. The van der Waals surface area contributed by atoms with Crippen LogP contribution in [-0.4, -0.2) is 59.5 Å². The van der Waals surface area contributed by atoms with Crippen LogP contribution in [0.4, 0.5) is 24.7 Å². The highest BCUT2D eigenvalue weighted by Gasteiger charge is 2.36. The molecule has 3 aromatic rings. The van der Waals surface area contributed by atoms with Gasteiger partial charge in [0.15, 0.2) is 5.82 Å². The first-order chi connectivity index (χ1) is 19.4. The van der Waals surface area contributed by atoms with Gasteiger partial charge in [0, 0.05) is 62.0 Å². The molecular weight excluding hydrogens is 529 g/mol. The number of anilines is 2. The summed E-state index contributed by atoms with van der Waals surface area (Å²) in [5.74, 6) is 0.755. The number of benzene rings is 2. The van der Waals surface area contributed by atoms with Crippen LogP contribution in [0.15, 0.2) is 42.5 Å². The summed E-state index contributed by atoms with van der Waals surface area (Å²) in [7, 11) is 0. The van der Waals surface area contributed by atoms with Crippen molar-refractivity contribution in [3.05, 3.63) is 70.4 Å². The minimum atomic E-state index is -4.53. The highest BCUT2D eigenvalue weighted by molar-refractivity contribution is 5.76. The molecule has 1 fully saturated rings. The minimum Gasteiger partial charge on any atom is -0.369 e. The van der Waals surface area contributed by atoms with E-state index in [0.717, 1.165) is 23.0 Å². The van der Waals surface area contributed by atoms with Gasteiger partial charge in [-0.05, 0) is 43.0 Å². The van der Waals surface area contributed by atoms with E-state index in [0.29, 0.717) is 50.9 Å². The fourth-order valence-corrected chi connectivity index (χ4v) is 5.86. The maximum atomic E-state index is 14.0. The Morgan fingerprint density at radius 2 is 1.83 bits per heavy atom. The van der Waals surface area contributed by atoms with Crippen LogP contribution >= 0.6 is 0 Å². The largest absolute Gasteiger partial charge is 0.417 e. The Balaban J connectivity index is 1.58. The molecule has 3 heterocycles. The predicted octanol–water partition coefficient (Wildman–Crippen LogP) is 5.15. The van der Waals surface area contributed by atoms with Gasteiger partial charge in [0.2, 0.25) is 5.91 Å². The Hall–Kier alpha value is -3.66. The molecule has 1 aromatic heterocycles. The number of hydrogen-bond acceptors (Lipinski definition) is 6. The Labute approximate surface area is 239 Å². The molecule has 1 amide bonds. The molecule has 218 valence electrons. The molecule has 7 nitrogen and oxygen atoms in total. The second-order valence-corrected chi connectivity index (χ2v) is 11.4. The van der Waals surface area contributed by atoms with Crippen molar-refractivity contribution in [3.63, 3.8) is 0 Å². The average molecular weight is 567 g/mol. The molecule has 10 heteroatoms. The molecule has 5 rings (SSSR count). The zero-order valence-electron chi connectivity index (χ0n) is 24.0. The monoisotopic (exact) mass is 566 g/mol. The van der Waals surface area contributed by atoms with E-state index in [1.807, 2.05) is 11.8 Å². The predicted molar refractivity (Wildman–Crippen MR) is 155 cm³/mol. The molecule has 0 unspecified atom stereocenters. The minimum absolute atomic E-state index is 0.0115. The van der Waals surface area contributed by atoms with Crippen LogP contribution in [-0.2, 0) is 23.9 Å². The van der Waals surface area contributed by atoms with E-state index in [2.05, 4.69) is 48.8 Å². The molecule has 2 aliphatic rings. The lowest BCUT2D eigenvalue weighted by Crippen LogP contribution is -2.54. The molecule has 0 bridgehead atoms. The summed E-state index contributed by atoms with van der Waals surface area (Å²) in [6, 6.07) is 12.1. The number of nitrogens with zero attached hydrogens (tertiary/aromatic N) is 5. The summed E-state index contributed by atoms with van der Waals surface area (Å²) in [6.07, 6.45) is -3.94. The average Bonchev–Trinajstić information content (AvgIpc) is 2.92. The van der Waals surface area contributed by atoms with Crippen molar-refractivity contribution in [3.8, 4) is 11.4 Å². The smallest absolute Gasteiger partial charge is 0.369 e. The summed E-state index contributed by atoms with van der Waals surface area (Å²) >= 11 is 0. The van der Waals surface area contributed by atoms with E-state index in [-0.39, 0.29) is 29.9 Å². The normalized spacial score (nSPS) is 18.1. The van der Waals surface area contributed by atoms with Gasteiger partial charge < -0.3 is 15.5 Å². The second-order valence-electron chi connectivity index (χ2n) is 11.4. The lowest BCUT2D eigenvalue weighted by molar-refractivity contribution is -0.137. The first-order valence-electron chi connectivity index (χ1n) is 14.1. The summed E-state index contributed by atoms with van der Waals surface area (Å²) < 4.78 is 41.9. The first kappa shape index (κ1) is 28.9. The number of carbonyl (C=O) groups is 1. The Bertz CT molecular complexity index is 1440. The molecule has 1 saturated heterocycles. The number of fused-ring (bicyclic) bond motifs is 1.